The van der Waals surface area contributed by atoms with E-state index >= 15 is 0 Å². The van der Waals surface area contributed by atoms with Crippen LogP contribution in [-0.4, -0.2) is 50.9 Å². The van der Waals surface area contributed by atoms with Crippen LogP contribution in [0.1, 0.15) is 31.9 Å². The van der Waals surface area contributed by atoms with Crippen LogP contribution in [-0.2, 0) is 32.6 Å². The number of hydrogen-bond donors (Lipinski definition) is 1. The van der Waals surface area contributed by atoms with E-state index in [9.17, 15) is 22.4 Å². The van der Waals surface area contributed by atoms with Gasteiger partial charge in [0.1, 0.15) is 24.2 Å². The minimum atomic E-state index is -4.40. The van der Waals surface area contributed by atoms with E-state index in [-0.39, 0.29) is 34.5 Å². The third-order valence-electron chi connectivity index (χ3n) is 7.43. The van der Waals surface area contributed by atoms with Crippen LogP contribution in [0.2, 0.25) is 10.0 Å². The molecule has 4 aromatic rings. The van der Waals surface area contributed by atoms with E-state index in [4.69, 9.17) is 27.9 Å². The number of ether oxygens (including phenoxy) is 1. The Morgan fingerprint density at radius 1 is 0.917 bits per heavy atom. The smallest absolute Gasteiger partial charge is 0.264 e. The average molecular weight is 715 g/mol. The van der Waals surface area contributed by atoms with E-state index in [0.717, 1.165) is 34.1 Å². The third kappa shape index (κ3) is 9.71. The first kappa shape index (κ1) is 36.7. The molecule has 0 aromatic heterocycles. The van der Waals surface area contributed by atoms with Crippen LogP contribution in [0.15, 0.2) is 102 Å². The Labute approximate surface area is 291 Å². The van der Waals surface area contributed by atoms with Crippen LogP contribution in [0.5, 0.6) is 5.75 Å². The molecule has 8 nitrogen and oxygen atoms in total. The quantitative estimate of drug-likeness (QED) is 0.141. The van der Waals surface area contributed by atoms with Crippen molar-refractivity contribution in [3.8, 4) is 5.75 Å². The molecular weight excluding hydrogens is 676 g/mol. The second-order valence-corrected chi connectivity index (χ2v) is 14.2. The minimum Gasteiger partial charge on any atom is -0.494 e. The topological polar surface area (TPSA) is 96.0 Å². The Hall–Kier alpha value is -4.12. The number of nitrogens with zero attached hydrogens (tertiary/aromatic N) is 2. The van der Waals surface area contributed by atoms with Gasteiger partial charge in [0.15, 0.2) is 0 Å². The SMILES string of the molecule is CCOc1ccc(N(CC(=O)N(Cc2ccc(Cl)cc2Cl)C(Cc2ccccc2)C(=O)NCC(C)C)S(=O)(=O)c2ccc(F)cc2)cc1. The molecule has 0 saturated carbocycles. The normalized spacial score (nSPS) is 12.0. The van der Waals surface area contributed by atoms with Gasteiger partial charge in [0.2, 0.25) is 11.8 Å². The van der Waals surface area contributed by atoms with Gasteiger partial charge in [0, 0.05) is 29.6 Å². The molecule has 254 valence electrons. The van der Waals surface area contributed by atoms with Crippen molar-refractivity contribution in [2.24, 2.45) is 5.92 Å². The van der Waals surface area contributed by atoms with Gasteiger partial charge in [-0.15, -0.1) is 0 Å². The zero-order valence-corrected chi connectivity index (χ0v) is 29.2. The number of halogens is 3. The van der Waals surface area contributed by atoms with Crippen molar-refractivity contribution < 1.29 is 27.1 Å². The van der Waals surface area contributed by atoms with Crippen LogP contribution in [0.3, 0.4) is 0 Å². The highest BCUT2D eigenvalue weighted by atomic mass is 35.5. The fourth-order valence-electron chi connectivity index (χ4n) is 4.95. The van der Waals surface area contributed by atoms with Crippen LogP contribution in [0, 0.1) is 11.7 Å². The molecule has 1 atom stereocenters. The predicted molar refractivity (Wildman–Crippen MR) is 187 cm³/mol. The summed E-state index contributed by atoms with van der Waals surface area (Å²) in [6.45, 7) is 5.71. The van der Waals surface area contributed by atoms with Crippen molar-refractivity contribution in [2.45, 2.75) is 44.7 Å². The molecule has 0 aliphatic carbocycles. The average Bonchev–Trinajstić information content (AvgIpc) is 3.06. The van der Waals surface area contributed by atoms with Gasteiger partial charge in [-0.2, -0.15) is 0 Å². The number of carbonyl (C=O) groups is 2. The Morgan fingerprint density at radius 3 is 2.19 bits per heavy atom. The van der Waals surface area contributed by atoms with Crippen molar-refractivity contribution in [3.63, 3.8) is 0 Å². The summed E-state index contributed by atoms with van der Waals surface area (Å²) >= 11 is 12.7. The maximum absolute atomic E-state index is 14.6. The molecule has 4 aromatic carbocycles. The Bertz CT molecular complexity index is 1790. The van der Waals surface area contributed by atoms with Crippen molar-refractivity contribution >= 4 is 50.7 Å². The Kier molecular flexibility index (Phi) is 12.9. The molecule has 0 bridgehead atoms. The molecule has 0 fully saturated rings. The first-order valence-corrected chi connectivity index (χ1v) is 17.6. The highest BCUT2D eigenvalue weighted by Gasteiger charge is 2.35. The van der Waals surface area contributed by atoms with Crippen LogP contribution in [0.4, 0.5) is 10.1 Å². The fourth-order valence-corrected chi connectivity index (χ4v) is 6.83. The summed E-state index contributed by atoms with van der Waals surface area (Å²) in [6, 6.07) is 23.6. The summed E-state index contributed by atoms with van der Waals surface area (Å²) in [6.07, 6.45) is 0.148. The van der Waals surface area contributed by atoms with Gasteiger partial charge in [-0.25, -0.2) is 12.8 Å². The van der Waals surface area contributed by atoms with E-state index < -0.39 is 40.2 Å². The molecule has 1 unspecified atom stereocenters. The van der Waals surface area contributed by atoms with Crippen molar-refractivity contribution in [1.82, 2.24) is 10.2 Å². The predicted octanol–water partition coefficient (Wildman–Crippen LogP) is 7.14. The first-order valence-electron chi connectivity index (χ1n) is 15.4. The maximum Gasteiger partial charge on any atom is 0.264 e. The van der Waals surface area contributed by atoms with E-state index in [2.05, 4.69) is 5.32 Å². The van der Waals surface area contributed by atoms with Gasteiger partial charge >= 0.3 is 0 Å². The van der Waals surface area contributed by atoms with Crippen molar-refractivity contribution in [1.29, 1.82) is 0 Å². The summed E-state index contributed by atoms with van der Waals surface area (Å²) in [7, 11) is -4.40. The summed E-state index contributed by atoms with van der Waals surface area (Å²) in [5.41, 5.74) is 1.48. The lowest BCUT2D eigenvalue weighted by atomic mass is 10.0. The number of amides is 2. The number of sulfonamides is 1. The van der Waals surface area contributed by atoms with E-state index in [1.165, 1.54) is 23.1 Å². The molecular formula is C36H38Cl2FN3O5S. The lowest BCUT2D eigenvalue weighted by molar-refractivity contribution is -0.140. The molecule has 4 rings (SSSR count). The molecule has 0 aliphatic rings. The number of anilines is 1. The highest BCUT2D eigenvalue weighted by Crippen LogP contribution is 2.28. The third-order valence-corrected chi connectivity index (χ3v) is 9.80. The second-order valence-electron chi connectivity index (χ2n) is 11.5. The monoisotopic (exact) mass is 713 g/mol. The van der Waals surface area contributed by atoms with E-state index in [1.807, 2.05) is 51.1 Å². The molecule has 2 amide bonds. The molecule has 12 heteroatoms. The molecule has 0 radical (unpaired) electrons. The number of hydrogen-bond acceptors (Lipinski definition) is 5. The van der Waals surface area contributed by atoms with Crippen LogP contribution in [0.25, 0.3) is 0 Å². The van der Waals surface area contributed by atoms with E-state index in [1.54, 1.807) is 24.3 Å². The van der Waals surface area contributed by atoms with Crippen LogP contribution < -0.4 is 14.4 Å². The van der Waals surface area contributed by atoms with Crippen molar-refractivity contribution in [3.05, 3.63) is 124 Å². The van der Waals surface area contributed by atoms with E-state index in [0.29, 0.717) is 29.5 Å². The zero-order valence-electron chi connectivity index (χ0n) is 26.9. The second kappa shape index (κ2) is 16.8. The summed E-state index contributed by atoms with van der Waals surface area (Å²) < 4.78 is 48.5. The summed E-state index contributed by atoms with van der Waals surface area (Å²) in [4.78, 5) is 29.6. The largest absolute Gasteiger partial charge is 0.494 e. The lowest BCUT2D eigenvalue weighted by Gasteiger charge is -2.34. The summed E-state index contributed by atoms with van der Waals surface area (Å²) in [5.74, 6) is -1.03. The Balaban J connectivity index is 1.82. The standard InChI is InChI=1S/C36H38Cl2FN3O5S/c1-4-47-31-16-14-30(15-17-31)42(48(45,46)32-18-12-29(39)13-19-32)24-35(43)41(23-27-10-11-28(37)21-33(27)38)34(36(44)40-22-25(2)3)20-26-8-6-5-7-9-26/h5-19,21,25,34H,4,20,22-24H2,1-3H3,(H,40,44). The maximum atomic E-state index is 14.6. The fraction of sp³-hybridized carbons (Fsp3) is 0.278. The Morgan fingerprint density at radius 2 is 1.58 bits per heavy atom. The van der Waals surface area contributed by atoms with Gasteiger partial charge in [-0.05, 0) is 84.6 Å². The molecule has 0 saturated heterocycles. The van der Waals surface area contributed by atoms with Gasteiger partial charge in [-0.3, -0.25) is 13.9 Å². The first-order chi connectivity index (χ1) is 22.9. The van der Waals surface area contributed by atoms with Gasteiger partial charge in [-0.1, -0.05) is 73.4 Å². The number of benzene rings is 4. The molecule has 0 aliphatic heterocycles. The van der Waals surface area contributed by atoms with Crippen LogP contribution >= 0.6 is 23.2 Å². The lowest BCUT2D eigenvalue weighted by Crippen LogP contribution is -2.53. The molecule has 48 heavy (non-hydrogen) atoms. The number of carbonyl (C=O) groups excluding carboxylic acids is 2. The molecule has 0 heterocycles. The molecule has 1 N–H and O–H groups in total. The zero-order chi connectivity index (χ0) is 34.8. The van der Waals surface area contributed by atoms with Gasteiger partial charge < -0.3 is 15.0 Å². The van der Waals surface area contributed by atoms with Gasteiger partial charge in [0.05, 0.1) is 17.2 Å². The number of rotatable bonds is 15. The number of nitrogens with one attached hydrogen (secondary N) is 1. The minimum absolute atomic E-state index is 0.116. The van der Waals surface area contributed by atoms with Gasteiger partial charge in [0.25, 0.3) is 10.0 Å². The summed E-state index contributed by atoms with van der Waals surface area (Å²) in [5, 5.41) is 3.62. The highest BCUT2D eigenvalue weighted by molar-refractivity contribution is 7.92. The van der Waals surface area contributed by atoms with Crippen molar-refractivity contribution in [2.75, 3.05) is 24.0 Å². The molecule has 0 spiro atoms.